The summed E-state index contributed by atoms with van der Waals surface area (Å²) >= 11 is 2.91. The van der Waals surface area contributed by atoms with Crippen LogP contribution in [0.25, 0.3) is 15.9 Å². The van der Waals surface area contributed by atoms with Crippen molar-refractivity contribution in [2.24, 2.45) is 0 Å². The van der Waals surface area contributed by atoms with E-state index in [9.17, 15) is 9.59 Å². The largest absolute Gasteiger partial charge is 0.284 e. The second kappa shape index (κ2) is 7.96. The summed E-state index contributed by atoms with van der Waals surface area (Å²) in [5.74, 6) is 0.475. The molecule has 30 heavy (non-hydrogen) atoms. The molecule has 1 aromatic carbocycles. The highest BCUT2D eigenvalue weighted by molar-refractivity contribution is 7.98. The normalized spacial score (nSPS) is 14.8. The van der Waals surface area contributed by atoms with Gasteiger partial charge in [0.15, 0.2) is 5.16 Å². The van der Waals surface area contributed by atoms with Crippen LogP contribution in [-0.4, -0.2) is 24.1 Å². The van der Waals surface area contributed by atoms with Crippen molar-refractivity contribution in [3.8, 4) is 0 Å². The van der Waals surface area contributed by atoms with Gasteiger partial charge in [-0.1, -0.05) is 55.0 Å². The lowest BCUT2D eigenvalue weighted by Gasteiger charge is -2.18. The molecular weight excluding hydrogens is 418 g/mol. The van der Waals surface area contributed by atoms with Crippen molar-refractivity contribution in [3.63, 3.8) is 0 Å². The number of thioether (sulfide) groups is 1. The van der Waals surface area contributed by atoms with E-state index in [2.05, 4.69) is 10.1 Å². The van der Waals surface area contributed by atoms with Crippen molar-refractivity contribution in [2.45, 2.75) is 56.0 Å². The molecule has 0 amide bonds. The lowest BCUT2D eigenvalue weighted by Crippen LogP contribution is -2.26. The zero-order valence-corrected chi connectivity index (χ0v) is 18.2. The fourth-order valence-corrected chi connectivity index (χ4v) is 5.78. The minimum Gasteiger partial charge on any atom is -0.284 e. The van der Waals surface area contributed by atoms with Crippen LogP contribution in [0.4, 0.5) is 0 Å². The zero-order chi connectivity index (χ0) is 20.7. The summed E-state index contributed by atoms with van der Waals surface area (Å²) in [6.45, 7) is 2.01. The summed E-state index contributed by atoms with van der Waals surface area (Å²) in [6, 6.07) is 9.21. The highest BCUT2D eigenvalue weighted by Gasteiger charge is 2.23. The molecule has 7 nitrogen and oxygen atoms in total. The minimum atomic E-state index is -0.175. The monoisotopic (exact) mass is 439 g/mol. The molecule has 0 atom stereocenters. The van der Waals surface area contributed by atoms with E-state index in [1.807, 2.05) is 35.8 Å². The number of aromatic nitrogens is 5. The molecule has 0 N–H and O–H groups in total. The summed E-state index contributed by atoms with van der Waals surface area (Å²) in [5, 5.41) is 6.54. The Kier molecular flexibility index (Phi) is 5.16. The Bertz CT molecular complexity index is 1350. The van der Waals surface area contributed by atoms with E-state index in [1.54, 1.807) is 0 Å². The third kappa shape index (κ3) is 3.45. The fourth-order valence-electron chi connectivity index (χ4n) is 3.96. The molecular formula is C21H21N5O2S2. The van der Waals surface area contributed by atoms with Gasteiger partial charge in [0.05, 0.1) is 16.6 Å². The lowest BCUT2D eigenvalue weighted by atomic mass is 10.2. The van der Waals surface area contributed by atoms with Gasteiger partial charge in [-0.05, 0) is 31.4 Å². The van der Waals surface area contributed by atoms with Crippen LogP contribution in [0.1, 0.15) is 49.4 Å². The molecule has 5 rings (SSSR count). The van der Waals surface area contributed by atoms with E-state index < -0.39 is 0 Å². The second-order valence-electron chi connectivity index (χ2n) is 7.44. The number of benzene rings is 1. The van der Waals surface area contributed by atoms with Crippen molar-refractivity contribution in [2.75, 3.05) is 0 Å². The molecule has 0 aliphatic heterocycles. The quantitative estimate of drug-likeness (QED) is 0.347. The molecule has 3 aromatic heterocycles. The van der Waals surface area contributed by atoms with Crippen molar-refractivity contribution < 1.29 is 0 Å². The Hall–Kier alpha value is -2.52. The Morgan fingerprint density at radius 2 is 1.97 bits per heavy atom. The first-order valence-electron chi connectivity index (χ1n) is 10.2. The van der Waals surface area contributed by atoms with Crippen molar-refractivity contribution in [1.29, 1.82) is 0 Å². The first-order valence-corrected chi connectivity index (χ1v) is 12.0. The topological polar surface area (TPSA) is 82.2 Å². The lowest BCUT2D eigenvalue weighted by molar-refractivity contribution is 0.457. The molecule has 1 aliphatic rings. The SMILES string of the molecule is CCc1nn2c(=O)cc(CSc3nc4ccccc4c(=O)n3C3CCCC3)nc2s1. The molecule has 4 aromatic rings. The van der Waals surface area contributed by atoms with Crippen LogP contribution >= 0.6 is 23.1 Å². The summed E-state index contributed by atoms with van der Waals surface area (Å²) < 4.78 is 3.23. The Morgan fingerprint density at radius 3 is 2.77 bits per heavy atom. The molecule has 1 saturated carbocycles. The average Bonchev–Trinajstić information content (AvgIpc) is 3.42. The predicted molar refractivity (Wildman–Crippen MR) is 120 cm³/mol. The van der Waals surface area contributed by atoms with Crippen LogP contribution in [0.2, 0.25) is 0 Å². The van der Waals surface area contributed by atoms with Crippen LogP contribution in [-0.2, 0) is 12.2 Å². The van der Waals surface area contributed by atoms with Crippen molar-refractivity contribution in [3.05, 3.63) is 61.7 Å². The number of rotatable bonds is 5. The smallest absolute Gasteiger partial charge is 0.275 e. The van der Waals surface area contributed by atoms with E-state index in [-0.39, 0.29) is 17.2 Å². The van der Waals surface area contributed by atoms with Gasteiger partial charge >= 0.3 is 0 Å². The fraction of sp³-hybridized carbons (Fsp3) is 0.381. The summed E-state index contributed by atoms with van der Waals surface area (Å²) in [6.07, 6.45) is 5.04. The maximum absolute atomic E-state index is 13.2. The van der Waals surface area contributed by atoms with Crippen LogP contribution in [0.15, 0.2) is 45.1 Å². The molecule has 0 unspecified atom stereocenters. The van der Waals surface area contributed by atoms with Crippen LogP contribution in [0.5, 0.6) is 0 Å². The number of hydrogen-bond donors (Lipinski definition) is 0. The molecule has 0 spiro atoms. The molecule has 154 valence electrons. The van der Waals surface area contributed by atoms with Crippen molar-refractivity contribution >= 4 is 39.0 Å². The Morgan fingerprint density at radius 1 is 1.17 bits per heavy atom. The third-order valence-electron chi connectivity index (χ3n) is 5.46. The standard InChI is InChI=1S/C21H21N5O2S2/c1-2-17-24-26-18(27)11-13(22-21(26)30-17)12-29-20-23-16-10-6-5-9-15(16)19(28)25(20)14-7-3-4-8-14/h5-6,9-11,14H,2-4,7-8,12H2,1H3. The van der Waals surface area contributed by atoms with Gasteiger partial charge in [-0.25, -0.2) is 9.97 Å². The van der Waals surface area contributed by atoms with E-state index in [0.29, 0.717) is 32.5 Å². The van der Waals surface area contributed by atoms with E-state index in [4.69, 9.17) is 4.98 Å². The van der Waals surface area contributed by atoms with Gasteiger partial charge in [0.2, 0.25) is 4.96 Å². The summed E-state index contributed by atoms with van der Waals surface area (Å²) in [5.41, 5.74) is 1.23. The highest BCUT2D eigenvalue weighted by Crippen LogP contribution is 2.32. The van der Waals surface area contributed by atoms with Crippen LogP contribution in [0, 0.1) is 0 Å². The van der Waals surface area contributed by atoms with Gasteiger partial charge in [-0.2, -0.15) is 9.61 Å². The molecule has 0 saturated heterocycles. The second-order valence-corrected chi connectivity index (χ2v) is 9.43. The van der Waals surface area contributed by atoms with Gasteiger partial charge < -0.3 is 0 Å². The minimum absolute atomic E-state index is 0.0218. The van der Waals surface area contributed by atoms with Gasteiger partial charge in [-0.3, -0.25) is 14.2 Å². The maximum atomic E-state index is 13.2. The Balaban J connectivity index is 1.53. The van der Waals surface area contributed by atoms with Gasteiger partial charge in [0.25, 0.3) is 11.1 Å². The molecule has 0 radical (unpaired) electrons. The van der Waals surface area contributed by atoms with E-state index in [0.717, 1.165) is 37.1 Å². The molecule has 3 heterocycles. The number of para-hydroxylation sites is 1. The summed E-state index contributed by atoms with van der Waals surface area (Å²) in [7, 11) is 0. The average molecular weight is 440 g/mol. The molecule has 1 aliphatic carbocycles. The molecule has 0 bridgehead atoms. The van der Waals surface area contributed by atoms with Crippen LogP contribution < -0.4 is 11.1 Å². The zero-order valence-electron chi connectivity index (χ0n) is 16.6. The first-order chi connectivity index (χ1) is 14.6. The van der Waals surface area contributed by atoms with Crippen molar-refractivity contribution in [1.82, 2.24) is 24.1 Å². The van der Waals surface area contributed by atoms with Gasteiger partial charge in [0, 0.05) is 17.9 Å². The van der Waals surface area contributed by atoms with Gasteiger partial charge in [-0.15, -0.1) is 0 Å². The van der Waals surface area contributed by atoms with E-state index >= 15 is 0 Å². The third-order valence-corrected chi connectivity index (χ3v) is 7.50. The maximum Gasteiger partial charge on any atom is 0.275 e. The number of hydrogen-bond acceptors (Lipinski definition) is 7. The number of nitrogens with zero attached hydrogens (tertiary/aromatic N) is 5. The number of fused-ring (bicyclic) bond motifs is 2. The van der Waals surface area contributed by atoms with E-state index in [1.165, 1.54) is 33.7 Å². The highest BCUT2D eigenvalue weighted by atomic mass is 32.2. The van der Waals surface area contributed by atoms with Gasteiger partial charge in [0.1, 0.15) is 5.01 Å². The Labute approximate surface area is 180 Å². The molecule has 9 heteroatoms. The first kappa shape index (κ1) is 19.4. The predicted octanol–water partition coefficient (Wildman–Crippen LogP) is 3.83. The van der Waals surface area contributed by atoms with Crippen LogP contribution in [0.3, 0.4) is 0 Å². The number of aryl methyl sites for hydroxylation is 1. The molecule has 1 fully saturated rings. The summed E-state index contributed by atoms with van der Waals surface area (Å²) in [4.78, 5) is 35.7.